The topological polar surface area (TPSA) is 83.5 Å². The molecule has 0 aromatic carbocycles. The van der Waals surface area contributed by atoms with Crippen LogP contribution in [0.3, 0.4) is 0 Å². The summed E-state index contributed by atoms with van der Waals surface area (Å²) in [5.74, 6) is -1.17. The molecule has 29 heavy (non-hydrogen) atoms. The van der Waals surface area contributed by atoms with Crippen LogP contribution < -0.4 is 5.56 Å². The van der Waals surface area contributed by atoms with Gasteiger partial charge in [0.05, 0.1) is 18.6 Å². The van der Waals surface area contributed by atoms with Crippen LogP contribution in [-0.2, 0) is 12.8 Å². The predicted octanol–water partition coefficient (Wildman–Crippen LogP) is 4.20. The molecule has 0 amide bonds. The molecular weight excluding hydrogens is 366 g/mol. The first-order valence-corrected chi connectivity index (χ1v) is 10.0. The average Bonchev–Trinajstić information content (AvgIpc) is 3.49. The number of aromatic nitrogens is 1. The molecule has 150 valence electrons. The maximum absolute atomic E-state index is 12.6. The molecule has 6 nitrogen and oxygen atoms in total. The lowest BCUT2D eigenvalue weighted by Crippen LogP contribution is -2.26. The van der Waals surface area contributed by atoms with Crippen molar-refractivity contribution >= 4 is 11.5 Å². The first-order valence-electron chi connectivity index (χ1n) is 10.0. The first kappa shape index (κ1) is 19.3. The molecule has 0 bridgehead atoms. The highest BCUT2D eigenvalue weighted by molar-refractivity contribution is 5.88. The number of azo groups is 1. The van der Waals surface area contributed by atoms with Gasteiger partial charge < -0.3 is 5.11 Å². The smallest absolute Gasteiger partial charge is 0.341 e. The molecule has 2 aromatic rings. The zero-order chi connectivity index (χ0) is 20.6. The number of fused-ring (bicyclic) bond motifs is 3. The zero-order valence-electron chi connectivity index (χ0n) is 16.8. The van der Waals surface area contributed by atoms with E-state index in [0.29, 0.717) is 13.0 Å². The van der Waals surface area contributed by atoms with Gasteiger partial charge >= 0.3 is 5.97 Å². The summed E-state index contributed by atoms with van der Waals surface area (Å²) in [5.41, 5.74) is 4.43. The summed E-state index contributed by atoms with van der Waals surface area (Å²) >= 11 is 0. The van der Waals surface area contributed by atoms with E-state index < -0.39 is 11.5 Å². The summed E-state index contributed by atoms with van der Waals surface area (Å²) in [6, 6.07) is 5.51. The Morgan fingerprint density at radius 3 is 2.86 bits per heavy atom. The van der Waals surface area contributed by atoms with Crippen LogP contribution in [0.1, 0.15) is 53.9 Å². The van der Waals surface area contributed by atoms with E-state index in [2.05, 4.69) is 35.4 Å². The van der Waals surface area contributed by atoms with E-state index in [-0.39, 0.29) is 11.0 Å². The molecule has 6 heteroatoms. The van der Waals surface area contributed by atoms with E-state index in [1.54, 1.807) is 10.5 Å². The highest BCUT2D eigenvalue weighted by atomic mass is 16.4. The van der Waals surface area contributed by atoms with Crippen molar-refractivity contribution in [2.24, 2.45) is 15.6 Å². The third kappa shape index (κ3) is 3.55. The van der Waals surface area contributed by atoms with Crippen molar-refractivity contribution in [1.82, 2.24) is 4.40 Å². The van der Waals surface area contributed by atoms with Crippen LogP contribution in [0.25, 0.3) is 5.52 Å². The highest BCUT2D eigenvalue weighted by Gasteiger charge is 2.29. The lowest BCUT2D eigenvalue weighted by molar-refractivity contribution is 0.0694. The second kappa shape index (κ2) is 7.43. The number of carboxylic acids is 1. The second-order valence-corrected chi connectivity index (χ2v) is 8.06. The van der Waals surface area contributed by atoms with Gasteiger partial charge in [-0.1, -0.05) is 31.2 Å². The Morgan fingerprint density at radius 1 is 1.34 bits per heavy atom. The lowest BCUT2D eigenvalue weighted by atomic mass is 9.78. The van der Waals surface area contributed by atoms with Gasteiger partial charge in [0.1, 0.15) is 5.56 Å². The number of carbonyl (C=O) groups is 1. The number of hydrogen-bond donors (Lipinski definition) is 1. The van der Waals surface area contributed by atoms with Gasteiger partial charge in [0.25, 0.3) is 5.56 Å². The lowest BCUT2D eigenvalue weighted by Gasteiger charge is -2.30. The molecule has 1 aliphatic carbocycles. The van der Waals surface area contributed by atoms with E-state index in [4.69, 9.17) is 0 Å². The Hall–Kier alpha value is -3.02. The molecule has 0 radical (unpaired) electrons. The van der Waals surface area contributed by atoms with Crippen LogP contribution in [-0.4, -0.2) is 28.6 Å². The van der Waals surface area contributed by atoms with Crippen LogP contribution in [0.2, 0.25) is 0 Å². The minimum atomic E-state index is -1.17. The number of hydrogen-bond acceptors (Lipinski definition) is 4. The van der Waals surface area contributed by atoms with Crippen molar-refractivity contribution < 1.29 is 9.90 Å². The van der Waals surface area contributed by atoms with Gasteiger partial charge in [-0.3, -0.25) is 9.20 Å². The van der Waals surface area contributed by atoms with Gasteiger partial charge in [-0.05, 0) is 55.0 Å². The number of nitrogens with zero attached hydrogens (tertiary/aromatic N) is 3. The predicted molar refractivity (Wildman–Crippen MR) is 112 cm³/mol. The van der Waals surface area contributed by atoms with Crippen molar-refractivity contribution in [3.05, 3.63) is 74.7 Å². The van der Waals surface area contributed by atoms with E-state index in [1.807, 2.05) is 19.1 Å². The summed E-state index contributed by atoms with van der Waals surface area (Å²) in [6.45, 7) is 5.72. The fourth-order valence-corrected chi connectivity index (χ4v) is 4.16. The first-order chi connectivity index (χ1) is 13.9. The Bertz CT molecular complexity index is 1140. The van der Waals surface area contributed by atoms with Crippen molar-refractivity contribution in [2.75, 3.05) is 13.1 Å². The third-order valence-electron chi connectivity index (χ3n) is 6.04. The quantitative estimate of drug-likeness (QED) is 0.639. The molecule has 2 aromatic heterocycles. The number of rotatable bonds is 6. The van der Waals surface area contributed by atoms with Crippen LogP contribution in [0.15, 0.2) is 57.0 Å². The molecule has 2 aliphatic rings. The third-order valence-corrected chi connectivity index (χ3v) is 6.04. The number of allylic oxidation sites excluding steroid dienone is 3. The molecule has 0 fully saturated rings. The average molecular weight is 391 g/mol. The van der Waals surface area contributed by atoms with Crippen molar-refractivity contribution in [3.8, 4) is 0 Å². The molecule has 1 N–H and O–H groups in total. The SMILES string of the molecule is CC=C(C=CCCc1cc(C(=O)O)c(=O)n2c3c(ccc12)C3)C1(C)CCN=NC1. The summed E-state index contributed by atoms with van der Waals surface area (Å²) in [4.78, 5) is 24.2. The van der Waals surface area contributed by atoms with E-state index in [0.717, 1.165) is 48.1 Å². The molecule has 1 aliphatic heterocycles. The molecular formula is C23H25N3O3. The molecule has 4 rings (SSSR count). The van der Waals surface area contributed by atoms with Gasteiger partial charge in [0.15, 0.2) is 0 Å². The van der Waals surface area contributed by atoms with E-state index >= 15 is 0 Å². The summed E-state index contributed by atoms with van der Waals surface area (Å²) in [7, 11) is 0. The molecule has 1 unspecified atom stereocenters. The summed E-state index contributed by atoms with van der Waals surface area (Å²) in [6.07, 6.45) is 9.59. The largest absolute Gasteiger partial charge is 0.477 e. The Kier molecular flexibility index (Phi) is 4.94. The molecule has 0 spiro atoms. The van der Waals surface area contributed by atoms with Gasteiger partial charge in [0.2, 0.25) is 0 Å². The van der Waals surface area contributed by atoms with E-state index in [9.17, 15) is 14.7 Å². The van der Waals surface area contributed by atoms with Crippen LogP contribution >= 0.6 is 0 Å². The monoisotopic (exact) mass is 391 g/mol. The van der Waals surface area contributed by atoms with Crippen LogP contribution in [0, 0.1) is 5.41 Å². The van der Waals surface area contributed by atoms with Gasteiger partial charge in [0, 0.05) is 17.5 Å². The van der Waals surface area contributed by atoms with E-state index in [1.165, 1.54) is 5.57 Å². The Morgan fingerprint density at radius 2 is 2.17 bits per heavy atom. The Balaban J connectivity index is 1.58. The minimum Gasteiger partial charge on any atom is -0.477 e. The molecule has 1 atom stereocenters. The summed E-state index contributed by atoms with van der Waals surface area (Å²) in [5, 5.41) is 17.8. The second-order valence-electron chi connectivity index (χ2n) is 8.06. The van der Waals surface area contributed by atoms with Gasteiger partial charge in [-0.25, -0.2) is 4.79 Å². The van der Waals surface area contributed by atoms with Gasteiger partial charge in [-0.2, -0.15) is 10.2 Å². The number of aryl methyl sites for hydroxylation is 1. The zero-order valence-corrected chi connectivity index (χ0v) is 16.8. The van der Waals surface area contributed by atoms with Crippen LogP contribution in [0.5, 0.6) is 0 Å². The summed E-state index contributed by atoms with van der Waals surface area (Å²) < 4.78 is 1.59. The number of carboxylic acid groups (broad SMARTS) is 1. The van der Waals surface area contributed by atoms with Crippen molar-refractivity contribution in [2.45, 2.75) is 39.5 Å². The molecule has 0 saturated carbocycles. The molecule has 0 saturated heterocycles. The highest BCUT2D eigenvalue weighted by Crippen LogP contribution is 2.35. The fourth-order valence-electron chi connectivity index (χ4n) is 4.16. The van der Waals surface area contributed by atoms with Crippen molar-refractivity contribution in [1.29, 1.82) is 0 Å². The molecule has 3 heterocycles. The fraction of sp³-hybridized carbons (Fsp3) is 0.391. The van der Waals surface area contributed by atoms with Crippen LogP contribution in [0.4, 0.5) is 0 Å². The number of pyridine rings is 2. The minimum absolute atomic E-state index is 0.0142. The Labute approximate surface area is 169 Å². The maximum Gasteiger partial charge on any atom is 0.341 e. The standard InChI is InChI=1S/C23H25N3O3/c1-3-17(23(2)10-11-24-25-14-23)7-5-4-6-15-12-18(22(28)29)21(27)26-19(15)9-8-16-13-20(16)26/h3,5,7-9,12H,4,6,10-11,13-14H2,1-2H3,(H,28,29). The normalized spacial score (nSPS) is 21.0. The van der Waals surface area contributed by atoms with Gasteiger partial charge in [-0.15, -0.1) is 0 Å². The maximum atomic E-state index is 12.6. The number of aromatic carboxylic acids is 1. The van der Waals surface area contributed by atoms with Crippen molar-refractivity contribution in [3.63, 3.8) is 0 Å².